The molecule has 1 aliphatic rings. The fourth-order valence-electron chi connectivity index (χ4n) is 3.29. The van der Waals surface area contributed by atoms with Gasteiger partial charge in [-0.1, -0.05) is 12.1 Å². The smallest absolute Gasteiger partial charge is 0.248 e. The van der Waals surface area contributed by atoms with Crippen LogP contribution in [0.5, 0.6) is 11.5 Å². The highest BCUT2D eigenvalue weighted by atomic mass is 16.7. The number of aromatic nitrogens is 1. The second-order valence-corrected chi connectivity index (χ2v) is 6.34. The summed E-state index contributed by atoms with van der Waals surface area (Å²) >= 11 is 0. The van der Waals surface area contributed by atoms with Crippen molar-refractivity contribution in [1.82, 2.24) is 4.98 Å². The molecule has 0 radical (unpaired) electrons. The van der Waals surface area contributed by atoms with Gasteiger partial charge in [0.15, 0.2) is 11.5 Å². The number of nitrogens with two attached hydrogens (primary N) is 2. The number of anilines is 1. The molecule has 1 aromatic heterocycles. The normalized spacial score (nSPS) is 11.9. The van der Waals surface area contributed by atoms with Gasteiger partial charge in [-0.25, -0.2) is 4.98 Å². The zero-order valence-corrected chi connectivity index (χ0v) is 15.0. The van der Waals surface area contributed by atoms with Crippen LogP contribution in [0, 0.1) is 18.3 Å². The summed E-state index contributed by atoms with van der Waals surface area (Å²) in [6, 6.07) is 14.4. The van der Waals surface area contributed by atoms with E-state index in [0.29, 0.717) is 28.3 Å². The number of nitrogen functional groups attached to an aromatic ring is 1. The molecule has 0 bridgehead atoms. The van der Waals surface area contributed by atoms with Crippen LogP contribution in [0.25, 0.3) is 22.4 Å². The van der Waals surface area contributed by atoms with Gasteiger partial charge < -0.3 is 20.9 Å². The lowest BCUT2D eigenvalue weighted by Crippen LogP contribution is -2.10. The Kier molecular flexibility index (Phi) is 4.09. The van der Waals surface area contributed by atoms with E-state index in [1.807, 2.05) is 25.1 Å². The topological polar surface area (TPSA) is 124 Å². The van der Waals surface area contributed by atoms with Gasteiger partial charge in [-0.15, -0.1) is 0 Å². The second kappa shape index (κ2) is 6.59. The van der Waals surface area contributed by atoms with E-state index < -0.39 is 5.91 Å². The minimum atomic E-state index is -0.515. The van der Waals surface area contributed by atoms with Crippen molar-refractivity contribution >= 4 is 11.7 Å². The van der Waals surface area contributed by atoms with E-state index >= 15 is 0 Å². The number of carbonyl (C=O) groups excluding carboxylic acids is 1. The summed E-state index contributed by atoms with van der Waals surface area (Å²) in [6.07, 6.45) is 0. The SMILES string of the molecule is Cc1c(-c2ccc3c(c2)OCO3)nc(N)c(C#N)c1-c1ccc(C(N)=O)cc1. The highest BCUT2D eigenvalue weighted by Gasteiger charge is 2.21. The molecule has 0 spiro atoms. The maximum Gasteiger partial charge on any atom is 0.248 e. The maximum absolute atomic E-state index is 11.3. The van der Waals surface area contributed by atoms with E-state index in [2.05, 4.69) is 11.1 Å². The molecule has 0 fully saturated rings. The lowest BCUT2D eigenvalue weighted by atomic mass is 9.92. The molecule has 0 saturated heterocycles. The molecule has 7 heteroatoms. The number of pyridine rings is 1. The molecule has 7 nitrogen and oxygen atoms in total. The summed E-state index contributed by atoms with van der Waals surface area (Å²) in [7, 11) is 0. The summed E-state index contributed by atoms with van der Waals surface area (Å²) < 4.78 is 10.8. The third-order valence-electron chi connectivity index (χ3n) is 4.68. The Morgan fingerprint density at radius 1 is 1.11 bits per heavy atom. The molecule has 138 valence electrons. The first-order valence-electron chi connectivity index (χ1n) is 8.50. The Morgan fingerprint density at radius 2 is 1.79 bits per heavy atom. The number of nitrogens with zero attached hydrogens (tertiary/aromatic N) is 2. The summed E-state index contributed by atoms with van der Waals surface area (Å²) in [5.41, 5.74) is 15.7. The Morgan fingerprint density at radius 3 is 2.46 bits per heavy atom. The van der Waals surface area contributed by atoms with Crippen molar-refractivity contribution in [3.8, 4) is 40.0 Å². The Labute approximate surface area is 161 Å². The van der Waals surface area contributed by atoms with Crippen LogP contribution in [0.3, 0.4) is 0 Å². The number of amides is 1. The predicted molar refractivity (Wildman–Crippen MR) is 104 cm³/mol. The standard InChI is InChI=1S/C21H16N4O3/c1-11-18(12-2-4-13(5-3-12)21(24)26)15(9-22)20(23)25-19(11)14-6-7-16-17(8-14)28-10-27-16/h2-8H,10H2,1H3,(H2,23,25)(H2,24,26). The fraction of sp³-hybridized carbons (Fsp3) is 0.0952. The van der Waals surface area contributed by atoms with Gasteiger partial charge in [0.1, 0.15) is 17.5 Å². The molecule has 1 amide bonds. The summed E-state index contributed by atoms with van der Waals surface area (Å²) in [5.74, 6) is 0.924. The van der Waals surface area contributed by atoms with E-state index in [0.717, 1.165) is 16.7 Å². The van der Waals surface area contributed by atoms with E-state index in [9.17, 15) is 10.1 Å². The van der Waals surface area contributed by atoms with Gasteiger partial charge in [0, 0.05) is 16.7 Å². The van der Waals surface area contributed by atoms with Gasteiger partial charge in [-0.05, 0) is 48.4 Å². The summed E-state index contributed by atoms with van der Waals surface area (Å²) in [6.45, 7) is 2.06. The van der Waals surface area contributed by atoms with Gasteiger partial charge in [0.05, 0.1) is 5.69 Å². The lowest BCUT2D eigenvalue weighted by Gasteiger charge is -2.15. The van der Waals surface area contributed by atoms with Crippen LogP contribution in [0.15, 0.2) is 42.5 Å². The van der Waals surface area contributed by atoms with Crippen molar-refractivity contribution in [3.05, 3.63) is 59.2 Å². The van der Waals surface area contributed by atoms with Crippen molar-refractivity contribution in [2.75, 3.05) is 12.5 Å². The van der Waals surface area contributed by atoms with Gasteiger partial charge in [0.2, 0.25) is 12.7 Å². The molecule has 0 saturated carbocycles. The van der Waals surface area contributed by atoms with Crippen LogP contribution in [0.1, 0.15) is 21.5 Å². The molecule has 0 unspecified atom stereocenters. The number of hydrogen-bond acceptors (Lipinski definition) is 6. The van der Waals surface area contributed by atoms with Crippen molar-refractivity contribution < 1.29 is 14.3 Å². The highest BCUT2D eigenvalue weighted by Crippen LogP contribution is 2.40. The average molecular weight is 372 g/mol. The number of nitriles is 1. The first kappa shape index (κ1) is 17.4. The molecule has 2 aromatic carbocycles. The van der Waals surface area contributed by atoms with Gasteiger partial charge in [-0.2, -0.15) is 5.26 Å². The molecule has 3 aromatic rings. The Bertz CT molecular complexity index is 1150. The van der Waals surface area contributed by atoms with Crippen molar-refractivity contribution in [2.24, 2.45) is 5.73 Å². The zero-order valence-electron chi connectivity index (χ0n) is 15.0. The number of carbonyl (C=O) groups is 1. The molecule has 0 aliphatic carbocycles. The minimum absolute atomic E-state index is 0.134. The van der Waals surface area contributed by atoms with Crippen LogP contribution in [-0.4, -0.2) is 17.7 Å². The molecule has 0 atom stereocenters. The number of ether oxygens (including phenoxy) is 2. The Hall–Kier alpha value is -4.05. The second-order valence-electron chi connectivity index (χ2n) is 6.34. The minimum Gasteiger partial charge on any atom is -0.454 e. The molecule has 4 rings (SSSR count). The van der Waals surface area contributed by atoms with Crippen LogP contribution in [-0.2, 0) is 0 Å². The number of rotatable bonds is 3. The number of hydrogen-bond donors (Lipinski definition) is 2. The maximum atomic E-state index is 11.3. The third kappa shape index (κ3) is 2.77. The first-order chi connectivity index (χ1) is 13.5. The Balaban J connectivity index is 1.91. The number of benzene rings is 2. The quantitative estimate of drug-likeness (QED) is 0.728. The molecule has 1 aliphatic heterocycles. The summed E-state index contributed by atoms with van der Waals surface area (Å²) in [4.78, 5) is 15.8. The fourth-order valence-corrected chi connectivity index (χ4v) is 3.29. The highest BCUT2D eigenvalue weighted by molar-refractivity contribution is 5.94. The van der Waals surface area contributed by atoms with E-state index in [-0.39, 0.29) is 18.2 Å². The number of primary amides is 1. The van der Waals surface area contributed by atoms with Gasteiger partial charge in [-0.3, -0.25) is 4.79 Å². The van der Waals surface area contributed by atoms with Crippen molar-refractivity contribution in [1.29, 1.82) is 5.26 Å². The summed E-state index contributed by atoms with van der Waals surface area (Å²) in [5, 5.41) is 9.64. The molecular weight excluding hydrogens is 356 g/mol. The van der Waals surface area contributed by atoms with Crippen LogP contribution in [0.2, 0.25) is 0 Å². The largest absolute Gasteiger partial charge is 0.454 e. The monoisotopic (exact) mass is 372 g/mol. The van der Waals surface area contributed by atoms with Crippen molar-refractivity contribution in [2.45, 2.75) is 6.92 Å². The van der Waals surface area contributed by atoms with Crippen LogP contribution >= 0.6 is 0 Å². The van der Waals surface area contributed by atoms with Gasteiger partial charge in [0.25, 0.3) is 0 Å². The first-order valence-corrected chi connectivity index (χ1v) is 8.50. The van der Waals surface area contributed by atoms with Gasteiger partial charge >= 0.3 is 0 Å². The molecule has 2 heterocycles. The number of fused-ring (bicyclic) bond motifs is 1. The van der Waals surface area contributed by atoms with Crippen LogP contribution < -0.4 is 20.9 Å². The van der Waals surface area contributed by atoms with Crippen molar-refractivity contribution in [3.63, 3.8) is 0 Å². The van der Waals surface area contributed by atoms with E-state index in [1.165, 1.54) is 0 Å². The third-order valence-corrected chi connectivity index (χ3v) is 4.68. The molecular formula is C21H16N4O3. The van der Waals surface area contributed by atoms with Crippen LogP contribution in [0.4, 0.5) is 5.82 Å². The molecule has 4 N–H and O–H groups in total. The predicted octanol–water partition coefficient (Wildman–Crippen LogP) is 3.01. The van der Waals surface area contributed by atoms with E-state index in [4.69, 9.17) is 20.9 Å². The average Bonchev–Trinajstić information content (AvgIpc) is 3.17. The zero-order chi connectivity index (χ0) is 19.8. The molecule has 28 heavy (non-hydrogen) atoms. The van der Waals surface area contributed by atoms with E-state index in [1.54, 1.807) is 24.3 Å². The lowest BCUT2D eigenvalue weighted by molar-refractivity contribution is 0.100.